The van der Waals surface area contributed by atoms with E-state index >= 15 is 0 Å². The maximum atomic E-state index is 11.9. The van der Waals surface area contributed by atoms with E-state index in [-0.39, 0.29) is 12.3 Å². The Bertz CT molecular complexity index is 888. The molecule has 0 saturated carbocycles. The highest BCUT2D eigenvalue weighted by atomic mass is 16.5. The fraction of sp³-hybridized carbons (Fsp3) is 0.150. The second-order valence-electron chi connectivity index (χ2n) is 5.39. The number of carbonyl (C=O) groups excluding carboxylic acids is 1. The van der Waals surface area contributed by atoms with Crippen LogP contribution in [0.25, 0.3) is 17.3 Å². The lowest BCUT2D eigenvalue weighted by molar-refractivity contribution is 0.0520. The lowest BCUT2D eigenvalue weighted by Crippen LogP contribution is -2.06. The molecular formula is C20H19N3O3. The minimum Gasteiger partial charge on any atom is -0.490 e. The lowest BCUT2D eigenvalue weighted by atomic mass is 10.1. The minimum atomic E-state index is -0.506. The maximum Gasteiger partial charge on any atom is 0.361 e. The number of aromatic nitrogens is 3. The van der Waals surface area contributed by atoms with Gasteiger partial charge in [0.05, 0.1) is 6.61 Å². The zero-order valence-electron chi connectivity index (χ0n) is 14.4. The summed E-state index contributed by atoms with van der Waals surface area (Å²) in [6.45, 7) is 2.46. The van der Waals surface area contributed by atoms with Gasteiger partial charge in [-0.15, -0.1) is 5.10 Å². The molecule has 132 valence electrons. The molecule has 2 aromatic carbocycles. The highest BCUT2D eigenvalue weighted by Gasteiger charge is 2.19. The first-order chi connectivity index (χ1) is 12.8. The third-order valence-corrected chi connectivity index (χ3v) is 3.58. The van der Waals surface area contributed by atoms with E-state index in [9.17, 15) is 4.79 Å². The Kier molecular flexibility index (Phi) is 5.77. The number of aromatic amines is 1. The van der Waals surface area contributed by atoms with Crippen molar-refractivity contribution in [2.45, 2.75) is 6.92 Å². The smallest absolute Gasteiger partial charge is 0.361 e. The van der Waals surface area contributed by atoms with Gasteiger partial charge in [0, 0.05) is 5.56 Å². The second kappa shape index (κ2) is 8.62. The van der Waals surface area contributed by atoms with Crippen LogP contribution < -0.4 is 4.74 Å². The number of nitrogens with one attached hydrogen (secondary N) is 1. The molecule has 0 aliphatic rings. The zero-order chi connectivity index (χ0) is 18.2. The van der Waals surface area contributed by atoms with Gasteiger partial charge in [0.2, 0.25) is 0 Å². The van der Waals surface area contributed by atoms with Gasteiger partial charge in [0.25, 0.3) is 0 Å². The molecule has 6 nitrogen and oxygen atoms in total. The van der Waals surface area contributed by atoms with Gasteiger partial charge < -0.3 is 9.47 Å². The van der Waals surface area contributed by atoms with Gasteiger partial charge in [-0.05, 0) is 30.7 Å². The summed E-state index contributed by atoms with van der Waals surface area (Å²) < 4.78 is 10.8. The average Bonchev–Trinajstić information content (AvgIpc) is 3.17. The molecule has 0 fully saturated rings. The molecule has 0 spiro atoms. The van der Waals surface area contributed by atoms with E-state index in [1.54, 1.807) is 6.92 Å². The van der Waals surface area contributed by atoms with Crippen LogP contribution in [0.2, 0.25) is 0 Å². The van der Waals surface area contributed by atoms with Crippen LogP contribution in [0.15, 0.2) is 60.7 Å². The SMILES string of the molecule is CCOC(=O)c1n[nH]nc1-c1cccc(OCC=Cc2ccccc2)c1. The van der Waals surface area contributed by atoms with Gasteiger partial charge in [-0.1, -0.05) is 48.5 Å². The van der Waals surface area contributed by atoms with Gasteiger partial charge in [-0.2, -0.15) is 10.3 Å². The fourth-order valence-corrected chi connectivity index (χ4v) is 2.40. The number of ether oxygens (including phenoxy) is 2. The van der Waals surface area contributed by atoms with E-state index in [2.05, 4.69) is 15.4 Å². The summed E-state index contributed by atoms with van der Waals surface area (Å²) in [6.07, 6.45) is 3.95. The highest BCUT2D eigenvalue weighted by molar-refractivity contribution is 5.93. The van der Waals surface area contributed by atoms with Gasteiger partial charge >= 0.3 is 5.97 Å². The van der Waals surface area contributed by atoms with Crippen molar-refractivity contribution < 1.29 is 14.3 Å². The molecule has 3 aromatic rings. The molecule has 6 heteroatoms. The maximum absolute atomic E-state index is 11.9. The van der Waals surface area contributed by atoms with Crippen LogP contribution in [0.3, 0.4) is 0 Å². The molecule has 0 saturated heterocycles. The van der Waals surface area contributed by atoms with Crippen LogP contribution >= 0.6 is 0 Å². The van der Waals surface area contributed by atoms with Crippen molar-refractivity contribution in [2.75, 3.05) is 13.2 Å². The molecule has 1 aromatic heterocycles. The molecule has 0 atom stereocenters. The first kappa shape index (κ1) is 17.4. The van der Waals surface area contributed by atoms with E-state index in [1.165, 1.54) is 0 Å². The molecule has 26 heavy (non-hydrogen) atoms. The molecule has 0 bridgehead atoms. The van der Waals surface area contributed by atoms with Crippen molar-refractivity contribution in [3.63, 3.8) is 0 Å². The minimum absolute atomic E-state index is 0.160. The Balaban J connectivity index is 1.68. The Morgan fingerprint density at radius 1 is 1.12 bits per heavy atom. The van der Waals surface area contributed by atoms with Crippen molar-refractivity contribution in [2.24, 2.45) is 0 Å². The molecule has 0 radical (unpaired) electrons. The van der Waals surface area contributed by atoms with Gasteiger partial charge in [-0.3, -0.25) is 0 Å². The Labute approximate surface area is 151 Å². The molecule has 1 N–H and O–H groups in total. The van der Waals surface area contributed by atoms with E-state index in [1.807, 2.05) is 66.7 Å². The third kappa shape index (κ3) is 4.36. The largest absolute Gasteiger partial charge is 0.490 e. The standard InChI is InChI=1S/C20H19N3O3/c1-2-25-20(24)19-18(21-23-22-19)16-11-6-12-17(14-16)26-13-7-10-15-8-4-3-5-9-15/h3-12,14H,2,13H2,1H3,(H,21,22,23). The van der Waals surface area contributed by atoms with Crippen LogP contribution in [0, 0.1) is 0 Å². The topological polar surface area (TPSA) is 77.1 Å². The summed E-state index contributed by atoms with van der Waals surface area (Å²) in [6, 6.07) is 17.4. The normalized spacial score (nSPS) is 10.8. The van der Waals surface area contributed by atoms with Crippen molar-refractivity contribution in [1.82, 2.24) is 15.4 Å². The molecule has 0 aliphatic heterocycles. The molecule has 0 unspecified atom stereocenters. The van der Waals surface area contributed by atoms with Gasteiger partial charge in [0.1, 0.15) is 18.1 Å². The average molecular weight is 349 g/mol. The first-order valence-electron chi connectivity index (χ1n) is 8.30. The van der Waals surface area contributed by atoms with E-state index < -0.39 is 5.97 Å². The summed E-state index contributed by atoms with van der Waals surface area (Å²) in [5, 5.41) is 10.4. The predicted octanol–water partition coefficient (Wildman–Crippen LogP) is 3.74. The molecule has 1 heterocycles. The highest BCUT2D eigenvalue weighted by Crippen LogP contribution is 2.24. The molecule has 0 aliphatic carbocycles. The van der Waals surface area contributed by atoms with E-state index in [0.29, 0.717) is 18.1 Å². The van der Waals surface area contributed by atoms with Crippen molar-refractivity contribution in [1.29, 1.82) is 0 Å². The number of hydrogen-bond acceptors (Lipinski definition) is 5. The zero-order valence-corrected chi connectivity index (χ0v) is 14.4. The van der Waals surface area contributed by atoms with E-state index in [0.717, 1.165) is 11.1 Å². The van der Waals surface area contributed by atoms with Crippen molar-refractivity contribution in [3.05, 3.63) is 71.9 Å². The van der Waals surface area contributed by atoms with Gasteiger partial charge in [0.15, 0.2) is 5.69 Å². The van der Waals surface area contributed by atoms with E-state index in [4.69, 9.17) is 9.47 Å². The van der Waals surface area contributed by atoms with Crippen LogP contribution in [0.5, 0.6) is 5.75 Å². The lowest BCUT2D eigenvalue weighted by Gasteiger charge is -2.06. The summed E-state index contributed by atoms with van der Waals surface area (Å²) in [7, 11) is 0. The van der Waals surface area contributed by atoms with Crippen molar-refractivity contribution >= 4 is 12.0 Å². The Hall–Kier alpha value is -3.41. The quantitative estimate of drug-likeness (QED) is 0.658. The van der Waals surface area contributed by atoms with Crippen LogP contribution in [0.4, 0.5) is 0 Å². The number of carbonyl (C=O) groups is 1. The number of benzene rings is 2. The summed E-state index contributed by atoms with van der Waals surface area (Å²) >= 11 is 0. The first-order valence-corrected chi connectivity index (χ1v) is 8.30. The van der Waals surface area contributed by atoms with Crippen LogP contribution in [-0.2, 0) is 4.74 Å². The fourth-order valence-electron chi connectivity index (χ4n) is 2.40. The molecule has 0 amide bonds. The molecule has 3 rings (SSSR count). The number of rotatable bonds is 7. The summed E-state index contributed by atoms with van der Waals surface area (Å²) in [4.78, 5) is 11.9. The van der Waals surface area contributed by atoms with Crippen LogP contribution in [-0.4, -0.2) is 34.6 Å². The second-order valence-corrected chi connectivity index (χ2v) is 5.39. The Morgan fingerprint density at radius 2 is 1.96 bits per heavy atom. The molecular weight excluding hydrogens is 330 g/mol. The monoisotopic (exact) mass is 349 g/mol. The predicted molar refractivity (Wildman–Crippen MR) is 98.7 cm³/mol. The van der Waals surface area contributed by atoms with Crippen LogP contribution in [0.1, 0.15) is 23.0 Å². The van der Waals surface area contributed by atoms with Crippen molar-refractivity contribution in [3.8, 4) is 17.0 Å². The Morgan fingerprint density at radius 3 is 2.77 bits per heavy atom. The third-order valence-electron chi connectivity index (χ3n) is 3.58. The number of nitrogens with zero attached hydrogens (tertiary/aromatic N) is 2. The summed E-state index contributed by atoms with van der Waals surface area (Å²) in [5.41, 5.74) is 2.44. The summed E-state index contributed by atoms with van der Waals surface area (Å²) in [5.74, 6) is 0.173. The van der Waals surface area contributed by atoms with Gasteiger partial charge in [-0.25, -0.2) is 4.79 Å². The number of esters is 1. The number of hydrogen-bond donors (Lipinski definition) is 1. The number of H-pyrrole nitrogens is 1.